The molecule has 14 nitrogen and oxygen atoms in total. The number of hydrogen-bond donors (Lipinski definition) is 5. The quantitative estimate of drug-likeness (QED) is 0.0440. The fourth-order valence-corrected chi connectivity index (χ4v) is 6.89. The summed E-state index contributed by atoms with van der Waals surface area (Å²) in [5.74, 6) is -0.127. The molecule has 1 aromatic heterocycles. The Balaban J connectivity index is 1.21. The van der Waals surface area contributed by atoms with Crippen LogP contribution in [0.15, 0.2) is 114 Å². The normalized spacial score (nSPS) is 20.1. The van der Waals surface area contributed by atoms with E-state index in [-0.39, 0.29) is 30.7 Å². The molecule has 1 fully saturated rings. The minimum absolute atomic E-state index is 0.0278. The second-order valence-electron chi connectivity index (χ2n) is 12.7. The third-order valence-electron chi connectivity index (χ3n) is 8.42. The number of aliphatic hydroxyl groups is 2. The van der Waals surface area contributed by atoms with E-state index in [4.69, 9.17) is 19.5 Å². The highest BCUT2D eigenvalue weighted by molar-refractivity contribution is 7.52. The SMILES string of the molecule is CCC=CCC=CCC=CCC=CCC=CCCCC(=O)NCCNP(=O)(OCC1OC(n2cnc(N)nc2=O)C(O)C1O)Oc1cccc2ccccc12. The molecule has 15 heteroatoms. The Morgan fingerprint density at radius 2 is 1.58 bits per heavy atom. The number of nitrogens with two attached hydrogens (primary N) is 1. The molecule has 0 radical (unpaired) electrons. The van der Waals surface area contributed by atoms with E-state index in [1.165, 1.54) is 0 Å². The van der Waals surface area contributed by atoms with Crippen LogP contribution in [0.3, 0.4) is 0 Å². The average Bonchev–Trinajstić information content (AvgIpc) is 3.46. The highest BCUT2D eigenvalue weighted by Gasteiger charge is 2.45. The Kier molecular flexibility index (Phi) is 18.2. The number of anilines is 1. The number of unbranched alkanes of at least 4 members (excludes halogenated alkanes) is 1. The summed E-state index contributed by atoms with van der Waals surface area (Å²) in [5.41, 5.74) is 4.62. The van der Waals surface area contributed by atoms with Gasteiger partial charge in [-0.1, -0.05) is 104 Å². The van der Waals surface area contributed by atoms with Gasteiger partial charge in [0, 0.05) is 24.9 Å². The lowest BCUT2D eigenvalue weighted by atomic mass is 10.1. The molecule has 0 spiro atoms. The maximum Gasteiger partial charge on any atom is 0.458 e. The molecule has 0 saturated carbocycles. The molecule has 55 heavy (non-hydrogen) atoms. The fourth-order valence-electron chi connectivity index (χ4n) is 5.54. The van der Waals surface area contributed by atoms with Crippen LogP contribution < -0.4 is 26.4 Å². The summed E-state index contributed by atoms with van der Waals surface area (Å²) in [7, 11) is -4.17. The van der Waals surface area contributed by atoms with Crippen molar-refractivity contribution in [2.75, 3.05) is 25.4 Å². The van der Waals surface area contributed by atoms with Crippen molar-refractivity contribution >= 4 is 30.4 Å². The molecule has 2 heterocycles. The van der Waals surface area contributed by atoms with E-state index < -0.39 is 44.6 Å². The van der Waals surface area contributed by atoms with Crippen molar-refractivity contribution < 1.29 is 33.4 Å². The minimum Gasteiger partial charge on any atom is -0.413 e. The number of rotatable bonds is 23. The minimum atomic E-state index is -4.17. The van der Waals surface area contributed by atoms with Gasteiger partial charge in [0.05, 0.1) is 6.61 Å². The van der Waals surface area contributed by atoms with Gasteiger partial charge in [-0.25, -0.2) is 19.4 Å². The molecule has 0 bridgehead atoms. The molecule has 1 amide bonds. The zero-order chi connectivity index (χ0) is 39.3. The molecule has 2 aromatic carbocycles. The Labute approximate surface area is 322 Å². The first-order valence-electron chi connectivity index (χ1n) is 18.6. The Hall–Kier alpha value is -4.69. The van der Waals surface area contributed by atoms with Crippen LogP contribution in [0.25, 0.3) is 10.8 Å². The number of aliphatic hydroxyl groups excluding tert-OH is 2. The molecular weight excluding hydrogens is 723 g/mol. The number of ether oxygens (including phenoxy) is 1. The molecule has 1 aliphatic rings. The maximum atomic E-state index is 14.1. The van der Waals surface area contributed by atoms with E-state index >= 15 is 0 Å². The number of nitrogens with one attached hydrogen (secondary N) is 2. The molecule has 5 atom stereocenters. The smallest absolute Gasteiger partial charge is 0.413 e. The predicted molar refractivity (Wildman–Crippen MR) is 214 cm³/mol. The molecule has 3 aromatic rings. The largest absolute Gasteiger partial charge is 0.458 e. The molecule has 1 aliphatic heterocycles. The molecule has 4 rings (SSSR count). The van der Waals surface area contributed by atoms with E-state index in [1.807, 2.05) is 30.3 Å². The van der Waals surface area contributed by atoms with E-state index in [0.717, 1.165) is 54.8 Å². The zero-order valence-corrected chi connectivity index (χ0v) is 32.1. The van der Waals surface area contributed by atoms with Gasteiger partial charge in [-0.2, -0.15) is 4.98 Å². The van der Waals surface area contributed by atoms with Crippen LogP contribution >= 0.6 is 7.75 Å². The summed E-state index contributed by atoms with van der Waals surface area (Å²) < 4.78 is 32.4. The average molecular weight is 777 g/mol. The van der Waals surface area contributed by atoms with Crippen molar-refractivity contribution in [3.05, 3.63) is 120 Å². The maximum absolute atomic E-state index is 14.1. The highest BCUT2D eigenvalue weighted by atomic mass is 31.2. The van der Waals surface area contributed by atoms with Gasteiger partial charge in [0.25, 0.3) is 0 Å². The lowest BCUT2D eigenvalue weighted by Gasteiger charge is -2.23. The number of allylic oxidation sites excluding steroid dienone is 10. The van der Waals surface area contributed by atoms with Gasteiger partial charge in [0.2, 0.25) is 11.9 Å². The molecule has 5 unspecified atom stereocenters. The van der Waals surface area contributed by atoms with Gasteiger partial charge in [-0.15, -0.1) is 0 Å². The van der Waals surface area contributed by atoms with Gasteiger partial charge in [-0.3, -0.25) is 13.9 Å². The van der Waals surface area contributed by atoms with Crippen molar-refractivity contribution in [2.45, 2.75) is 82.8 Å². The van der Waals surface area contributed by atoms with Gasteiger partial charge < -0.3 is 30.5 Å². The standard InChI is InChI=1S/C40H53N6O8P/c1-2-3-4-5-6-7-8-9-10-11-12-13-14-15-16-17-18-26-35(47)42-27-28-44-55(51,54-33-25-21-23-31-22-19-20-24-32(31)33)52-29-34-36(48)37(49)38(53-34)46-30-43-39(41)45-40(46)50/h3-4,6-7,9-10,12-13,15-16,19-25,30,34,36-38,48-49H,2,5,8,11,14,17-18,26-29H2,1H3,(H,42,47)(H,44,51)(H2,41,45,50). The van der Waals surface area contributed by atoms with Crippen LogP contribution in [0.4, 0.5) is 5.95 Å². The summed E-state index contributed by atoms with van der Waals surface area (Å²) in [4.78, 5) is 32.1. The molecule has 6 N–H and O–H groups in total. The predicted octanol–water partition coefficient (Wildman–Crippen LogP) is 5.82. The monoisotopic (exact) mass is 776 g/mol. The van der Waals surface area contributed by atoms with Crippen LogP contribution in [0, 0.1) is 0 Å². The summed E-state index contributed by atoms with van der Waals surface area (Å²) >= 11 is 0. The Morgan fingerprint density at radius 1 is 0.927 bits per heavy atom. The van der Waals surface area contributed by atoms with E-state index in [1.54, 1.807) is 12.1 Å². The number of nitrogen functional groups attached to an aromatic ring is 1. The van der Waals surface area contributed by atoms with Crippen molar-refractivity contribution in [2.24, 2.45) is 0 Å². The number of carbonyl (C=O) groups excluding carboxylic acids is 1. The fraction of sp³-hybridized carbons (Fsp3) is 0.400. The first-order valence-corrected chi connectivity index (χ1v) is 20.2. The number of carbonyl (C=O) groups is 1. The number of benzene rings is 2. The molecular formula is C40H53N6O8P. The van der Waals surface area contributed by atoms with Crippen LogP contribution in [-0.2, 0) is 18.6 Å². The second-order valence-corrected chi connectivity index (χ2v) is 14.4. The number of aromatic nitrogens is 3. The van der Waals surface area contributed by atoms with Crippen molar-refractivity contribution in [3.63, 3.8) is 0 Å². The second kappa shape index (κ2) is 23.3. The third kappa shape index (κ3) is 14.5. The van der Waals surface area contributed by atoms with Gasteiger partial charge in [0.15, 0.2) is 6.23 Å². The zero-order valence-electron chi connectivity index (χ0n) is 31.2. The molecule has 296 valence electrons. The first kappa shape index (κ1) is 43.0. The summed E-state index contributed by atoms with van der Waals surface area (Å²) in [6, 6.07) is 12.7. The van der Waals surface area contributed by atoms with E-state index in [2.05, 4.69) is 88.1 Å². The van der Waals surface area contributed by atoms with E-state index in [9.17, 15) is 24.4 Å². The summed E-state index contributed by atoms with van der Waals surface area (Å²) in [5, 5.41) is 28.5. The van der Waals surface area contributed by atoms with Crippen LogP contribution in [0.5, 0.6) is 5.75 Å². The van der Waals surface area contributed by atoms with Gasteiger partial charge in [-0.05, 0) is 56.4 Å². The van der Waals surface area contributed by atoms with Crippen molar-refractivity contribution in [3.8, 4) is 5.75 Å². The number of amides is 1. The number of hydrogen-bond acceptors (Lipinski definition) is 11. The van der Waals surface area contributed by atoms with Gasteiger partial charge in [0.1, 0.15) is 30.4 Å². The molecule has 1 saturated heterocycles. The molecule has 0 aliphatic carbocycles. The van der Waals surface area contributed by atoms with Crippen molar-refractivity contribution in [1.29, 1.82) is 0 Å². The Bertz CT molecular complexity index is 1910. The van der Waals surface area contributed by atoms with Crippen LogP contribution in [0.2, 0.25) is 0 Å². The topological polar surface area (TPSA) is 200 Å². The summed E-state index contributed by atoms with van der Waals surface area (Å²) in [6.07, 6.45) is 23.4. The lowest BCUT2D eigenvalue weighted by molar-refractivity contribution is -0.121. The lowest BCUT2D eigenvalue weighted by Crippen LogP contribution is -2.37. The van der Waals surface area contributed by atoms with Crippen molar-refractivity contribution in [1.82, 2.24) is 24.9 Å². The number of nitrogens with zero attached hydrogens (tertiary/aromatic N) is 3. The van der Waals surface area contributed by atoms with Gasteiger partial charge >= 0.3 is 13.4 Å². The van der Waals surface area contributed by atoms with E-state index in [0.29, 0.717) is 18.2 Å². The number of fused-ring (bicyclic) bond motifs is 1. The third-order valence-corrected chi connectivity index (χ3v) is 9.96. The van der Waals surface area contributed by atoms with Crippen LogP contribution in [0.1, 0.15) is 64.5 Å². The van der Waals surface area contributed by atoms with Crippen LogP contribution in [-0.4, -0.2) is 68.7 Å². The Morgan fingerprint density at radius 3 is 2.27 bits per heavy atom. The first-order chi connectivity index (χ1) is 26.7. The summed E-state index contributed by atoms with van der Waals surface area (Å²) in [6.45, 7) is 1.80. The highest BCUT2D eigenvalue weighted by Crippen LogP contribution is 2.46.